The van der Waals surface area contributed by atoms with Crippen molar-refractivity contribution in [3.8, 4) is 11.3 Å². The second kappa shape index (κ2) is 7.17. The van der Waals surface area contributed by atoms with Crippen molar-refractivity contribution < 1.29 is 4.79 Å². The van der Waals surface area contributed by atoms with Crippen LogP contribution in [0.2, 0.25) is 0 Å². The third kappa shape index (κ3) is 4.03. The maximum Gasteiger partial charge on any atom is 0.241 e. The molecule has 3 rings (SSSR count). The summed E-state index contributed by atoms with van der Waals surface area (Å²) in [4.78, 5) is 16.5. The summed E-state index contributed by atoms with van der Waals surface area (Å²) in [6.45, 7) is 0. The molecule has 0 aliphatic carbocycles. The van der Waals surface area contributed by atoms with Crippen molar-refractivity contribution in [1.29, 1.82) is 0 Å². The van der Waals surface area contributed by atoms with E-state index in [1.165, 1.54) is 0 Å². The monoisotopic (exact) mass is 323 g/mol. The van der Waals surface area contributed by atoms with E-state index < -0.39 is 6.04 Å². The van der Waals surface area contributed by atoms with E-state index in [4.69, 9.17) is 5.73 Å². The van der Waals surface area contributed by atoms with E-state index in [9.17, 15) is 4.79 Å². The highest BCUT2D eigenvalue weighted by Gasteiger charge is 2.14. The molecule has 5 heteroatoms. The number of amides is 1. The van der Waals surface area contributed by atoms with E-state index in [-0.39, 0.29) is 5.91 Å². The summed E-state index contributed by atoms with van der Waals surface area (Å²) < 4.78 is 0. The van der Waals surface area contributed by atoms with Crippen LogP contribution in [0.5, 0.6) is 0 Å². The largest absolute Gasteiger partial charge is 0.325 e. The molecule has 2 aromatic carbocycles. The normalized spacial score (nSPS) is 11.9. The topological polar surface area (TPSA) is 68.0 Å². The van der Waals surface area contributed by atoms with Gasteiger partial charge in [0, 0.05) is 16.6 Å². The Bertz CT molecular complexity index is 772. The Labute approximate surface area is 139 Å². The predicted octanol–water partition coefficient (Wildman–Crippen LogP) is 3.32. The third-order valence-electron chi connectivity index (χ3n) is 3.49. The van der Waals surface area contributed by atoms with Crippen LogP contribution in [0.25, 0.3) is 11.3 Å². The van der Waals surface area contributed by atoms with Crippen molar-refractivity contribution in [2.45, 2.75) is 12.5 Å². The summed E-state index contributed by atoms with van der Waals surface area (Å²) in [7, 11) is 0. The van der Waals surface area contributed by atoms with Gasteiger partial charge in [-0.3, -0.25) is 4.79 Å². The molecule has 0 radical (unpaired) electrons. The molecule has 4 nitrogen and oxygen atoms in total. The molecule has 3 N–H and O–H groups in total. The molecule has 1 atom stereocenters. The maximum atomic E-state index is 12.3. The number of benzene rings is 2. The lowest BCUT2D eigenvalue weighted by Gasteiger charge is -2.13. The van der Waals surface area contributed by atoms with Crippen LogP contribution >= 0.6 is 11.3 Å². The van der Waals surface area contributed by atoms with E-state index in [1.807, 2.05) is 60.0 Å². The predicted molar refractivity (Wildman–Crippen MR) is 94.3 cm³/mol. The lowest BCUT2D eigenvalue weighted by molar-refractivity contribution is -0.117. The first-order valence-corrected chi connectivity index (χ1v) is 8.25. The first kappa shape index (κ1) is 15.4. The number of rotatable bonds is 5. The van der Waals surface area contributed by atoms with Gasteiger partial charge in [-0.05, 0) is 24.1 Å². The fourth-order valence-corrected chi connectivity index (χ4v) is 2.87. The highest BCUT2D eigenvalue weighted by molar-refractivity contribution is 7.07. The molecule has 1 amide bonds. The number of thiazole rings is 1. The molecule has 1 aromatic heterocycles. The van der Waals surface area contributed by atoms with Crippen molar-refractivity contribution >= 4 is 22.9 Å². The minimum absolute atomic E-state index is 0.190. The zero-order valence-electron chi connectivity index (χ0n) is 12.5. The third-order valence-corrected chi connectivity index (χ3v) is 4.08. The molecule has 0 fully saturated rings. The molecule has 0 saturated carbocycles. The first-order chi connectivity index (χ1) is 11.2. The lowest BCUT2D eigenvalue weighted by Crippen LogP contribution is -2.37. The van der Waals surface area contributed by atoms with E-state index >= 15 is 0 Å². The molecular weight excluding hydrogens is 306 g/mol. The highest BCUT2D eigenvalue weighted by atomic mass is 32.1. The van der Waals surface area contributed by atoms with Crippen molar-refractivity contribution in [2.75, 3.05) is 5.32 Å². The van der Waals surface area contributed by atoms with Gasteiger partial charge in [0.1, 0.15) is 0 Å². The van der Waals surface area contributed by atoms with Crippen molar-refractivity contribution in [1.82, 2.24) is 4.98 Å². The van der Waals surface area contributed by atoms with Crippen LogP contribution in [0, 0.1) is 0 Å². The average Bonchev–Trinajstić information content (AvgIpc) is 3.10. The zero-order chi connectivity index (χ0) is 16.1. The Hall–Kier alpha value is -2.50. The minimum Gasteiger partial charge on any atom is -0.325 e. The molecule has 0 unspecified atom stereocenters. The Morgan fingerprint density at radius 1 is 1.17 bits per heavy atom. The Morgan fingerprint density at radius 3 is 2.74 bits per heavy atom. The Kier molecular flexibility index (Phi) is 4.80. The number of carbonyl (C=O) groups excluding carboxylic acids is 1. The molecule has 1 heterocycles. The summed E-state index contributed by atoms with van der Waals surface area (Å²) in [6, 6.07) is 16.8. The van der Waals surface area contributed by atoms with Gasteiger partial charge < -0.3 is 11.1 Å². The van der Waals surface area contributed by atoms with Gasteiger partial charge in [0.25, 0.3) is 0 Å². The Morgan fingerprint density at radius 2 is 2.00 bits per heavy atom. The van der Waals surface area contributed by atoms with Gasteiger partial charge in [0.05, 0.1) is 17.2 Å². The summed E-state index contributed by atoms with van der Waals surface area (Å²) in [5.41, 5.74) is 11.4. The standard InChI is InChI=1S/C18H17N3OS/c19-16(9-13-5-2-1-3-6-13)18(22)21-15-8-4-7-14(10-15)17-11-23-12-20-17/h1-8,10-12,16H,9,19H2,(H,21,22)/t16-/m1/s1. The molecule has 0 spiro atoms. The number of aromatic nitrogens is 1. The molecule has 116 valence electrons. The average molecular weight is 323 g/mol. The van der Waals surface area contributed by atoms with Gasteiger partial charge >= 0.3 is 0 Å². The molecule has 23 heavy (non-hydrogen) atoms. The highest BCUT2D eigenvalue weighted by Crippen LogP contribution is 2.22. The molecule has 0 aliphatic rings. The lowest BCUT2D eigenvalue weighted by atomic mass is 10.1. The molecule has 3 aromatic rings. The van der Waals surface area contributed by atoms with Gasteiger partial charge in [-0.2, -0.15) is 0 Å². The van der Waals surface area contributed by atoms with E-state index in [0.29, 0.717) is 6.42 Å². The van der Waals surface area contributed by atoms with Gasteiger partial charge in [-0.25, -0.2) is 4.98 Å². The van der Waals surface area contributed by atoms with E-state index in [1.54, 1.807) is 16.8 Å². The van der Waals surface area contributed by atoms with Crippen LogP contribution in [-0.4, -0.2) is 16.9 Å². The van der Waals surface area contributed by atoms with Crippen LogP contribution in [0.1, 0.15) is 5.56 Å². The van der Waals surface area contributed by atoms with Crippen LogP contribution < -0.4 is 11.1 Å². The Balaban J connectivity index is 1.67. The smallest absolute Gasteiger partial charge is 0.241 e. The summed E-state index contributed by atoms with van der Waals surface area (Å²) in [5.74, 6) is -0.190. The van der Waals surface area contributed by atoms with Gasteiger partial charge in [-0.1, -0.05) is 42.5 Å². The van der Waals surface area contributed by atoms with Gasteiger partial charge in [-0.15, -0.1) is 11.3 Å². The van der Waals surface area contributed by atoms with Crippen LogP contribution in [0.3, 0.4) is 0 Å². The van der Waals surface area contributed by atoms with Crippen molar-refractivity contribution in [3.05, 3.63) is 71.1 Å². The second-order valence-corrected chi connectivity index (χ2v) is 5.96. The molecule has 0 saturated heterocycles. The first-order valence-electron chi connectivity index (χ1n) is 7.31. The number of carbonyl (C=O) groups is 1. The fourth-order valence-electron chi connectivity index (χ4n) is 2.31. The second-order valence-electron chi connectivity index (χ2n) is 5.24. The number of nitrogens with two attached hydrogens (primary N) is 1. The van der Waals surface area contributed by atoms with Crippen molar-refractivity contribution in [2.24, 2.45) is 5.73 Å². The minimum atomic E-state index is -0.583. The van der Waals surface area contributed by atoms with E-state index in [0.717, 1.165) is 22.5 Å². The molecular formula is C18H17N3OS. The maximum absolute atomic E-state index is 12.3. The summed E-state index contributed by atoms with van der Waals surface area (Å²) in [6.07, 6.45) is 0.512. The quantitative estimate of drug-likeness (QED) is 0.757. The number of anilines is 1. The van der Waals surface area contributed by atoms with Crippen molar-refractivity contribution in [3.63, 3.8) is 0 Å². The number of nitrogens with one attached hydrogen (secondary N) is 1. The summed E-state index contributed by atoms with van der Waals surface area (Å²) >= 11 is 1.54. The van der Waals surface area contributed by atoms with E-state index in [2.05, 4.69) is 10.3 Å². The molecule has 0 aliphatic heterocycles. The fraction of sp³-hybridized carbons (Fsp3) is 0.111. The van der Waals surface area contributed by atoms with Crippen LogP contribution in [0.4, 0.5) is 5.69 Å². The zero-order valence-corrected chi connectivity index (χ0v) is 13.3. The number of hydrogen-bond acceptors (Lipinski definition) is 4. The summed E-state index contributed by atoms with van der Waals surface area (Å²) in [5, 5.41) is 4.85. The van der Waals surface area contributed by atoms with Crippen LogP contribution in [0.15, 0.2) is 65.5 Å². The SMILES string of the molecule is N[C@H](Cc1ccccc1)C(=O)Nc1cccc(-c2cscn2)c1. The van der Waals surface area contributed by atoms with Gasteiger partial charge in [0.2, 0.25) is 5.91 Å². The number of hydrogen-bond donors (Lipinski definition) is 2. The van der Waals surface area contributed by atoms with Gasteiger partial charge in [0.15, 0.2) is 0 Å². The molecule has 0 bridgehead atoms. The number of nitrogens with zero attached hydrogens (tertiary/aromatic N) is 1. The van der Waals surface area contributed by atoms with Crippen LogP contribution in [-0.2, 0) is 11.2 Å².